The maximum atomic E-state index is 13.3. The highest BCUT2D eigenvalue weighted by Gasteiger charge is 2.41. The fourth-order valence-corrected chi connectivity index (χ4v) is 3.41. The SMILES string of the molecule is CNC(c1ccc(F)cc1C)C1C(C)OC(C)C1C. The van der Waals surface area contributed by atoms with Crippen LogP contribution in [0.2, 0.25) is 0 Å². The molecule has 0 aromatic heterocycles. The molecule has 2 rings (SSSR count). The van der Waals surface area contributed by atoms with Gasteiger partial charge in [-0.25, -0.2) is 4.39 Å². The molecule has 3 heteroatoms. The van der Waals surface area contributed by atoms with Gasteiger partial charge >= 0.3 is 0 Å². The number of benzene rings is 1. The van der Waals surface area contributed by atoms with Gasteiger partial charge in [-0.3, -0.25) is 0 Å². The molecular formula is C16H24FNO. The summed E-state index contributed by atoms with van der Waals surface area (Å²) in [5, 5.41) is 3.40. The first-order valence-electron chi connectivity index (χ1n) is 7.04. The van der Waals surface area contributed by atoms with Crippen LogP contribution < -0.4 is 5.32 Å². The summed E-state index contributed by atoms with van der Waals surface area (Å²) in [6, 6.07) is 5.25. The van der Waals surface area contributed by atoms with Crippen molar-refractivity contribution in [1.82, 2.24) is 5.32 Å². The van der Waals surface area contributed by atoms with Gasteiger partial charge in [0.2, 0.25) is 0 Å². The fourth-order valence-electron chi connectivity index (χ4n) is 3.41. The van der Waals surface area contributed by atoms with Gasteiger partial charge in [-0.05, 0) is 57.0 Å². The lowest BCUT2D eigenvalue weighted by Gasteiger charge is -2.30. The lowest BCUT2D eigenvalue weighted by Crippen LogP contribution is -2.33. The molecule has 0 bridgehead atoms. The van der Waals surface area contributed by atoms with E-state index in [1.54, 1.807) is 12.1 Å². The van der Waals surface area contributed by atoms with Crippen molar-refractivity contribution >= 4 is 0 Å². The van der Waals surface area contributed by atoms with Crippen LogP contribution in [-0.2, 0) is 4.74 Å². The summed E-state index contributed by atoms with van der Waals surface area (Å²) in [4.78, 5) is 0. The molecule has 0 spiro atoms. The summed E-state index contributed by atoms with van der Waals surface area (Å²) in [7, 11) is 1.97. The van der Waals surface area contributed by atoms with E-state index in [4.69, 9.17) is 4.74 Å². The molecule has 0 aliphatic carbocycles. The van der Waals surface area contributed by atoms with Crippen LogP contribution in [0.3, 0.4) is 0 Å². The van der Waals surface area contributed by atoms with Gasteiger partial charge in [-0.2, -0.15) is 0 Å². The van der Waals surface area contributed by atoms with Crippen LogP contribution in [0.1, 0.15) is 37.9 Å². The van der Waals surface area contributed by atoms with Crippen molar-refractivity contribution < 1.29 is 9.13 Å². The topological polar surface area (TPSA) is 21.3 Å². The lowest BCUT2D eigenvalue weighted by atomic mass is 9.79. The second kappa shape index (κ2) is 5.59. The normalized spacial score (nSPS) is 32.5. The van der Waals surface area contributed by atoms with Crippen LogP contribution >= 0.6 is 0 Å². The van der Waals surface area contributed by atoms with Crippen LogP contribution in [0, 0.1) is 24.6 Å². The van der Waals surface area contributed by atoms with E-state index < -0.39 is 0 Å². The molecule has 19 heavy (non-hydrogen) atoms. The van der Waals surface area contributed by atoms with Gasteiger partial charge in [0.25, 0.3) is 0 Å². The lowest BCUT2D eigenvalue weighted by molar-refractivity contribution is 0.0478. The largest absolute Gasteiger partial charge is 0.375 e. The van der Waals surface area contributed by atoms with E-state index >= 15 is 0 Å². The second-order valence-corrected chi connectivity index (χ2v) is 5.75. The minimum absolute atomic E-state index is 0.173. The minimum Gasteiger partial charge on any atom is -0.375 e. The van der Waals surface area contributed by atoms with Gasteiger partial charge in [-0.15, -0.1) is 0 Å². The Hall–Kier alpha value is -0.930. The van der Waals surface area contributed by atoms with Crippen molar-refractivity contribution in [2.24, 2.45) is 11.8 Å². The Labute approximate surface area is 115 Å². The number of nitrogens with one attached hydrogen (secondary N) is 1. The molecule has 106 valence electrons. The number of ether oxygens (including phenoxy) is 1. The standard InChI is InChI=1S/C16H24FNO/c1-9-8-13(17)6-7-14(9)16(18-5)15-10(2)11(3)19-12(15)4/h6-8,10-12,15-16,18H,1-5H3. The highest BCUT2D eigenvalue weighted by Crippen LogP contribution is 2.41. The van der Waals surface area contributed by atoms with E-state index in [1.165, 1.54) is 5.56 Å². The summed E-state index contributed by atoms with van der Waals surface area (Å²) in [5.74, 6) is 0.717. The number of hydrogen-bond acceptors (Lipinski definition) is 2. The molecule has 0 saturated carbocycles. The monoisotopic (exact) mass is 265 g/mol. The van der Waals surface area contributed by atoms with Gasteiger partial charge < -0.3 is 10.1 Å². The number of aryl methyl sites for hydroxylation is 1. The molecule has 1 aromatic carbocycles. The number of hydrogen-bond donors (Lipinski definition) is 1. The van der Waals surface area contributed by atoms with Gasteiger partial charge in [0.15, 0.2) is 0 Å². The highest BCUT2D eigenvalue weighted by molar-refractivity contribution is 5.30. The first-order chi connectivity index (χ1) is 8.95. The number of rotatable bonds is 3. The summed E-state index contributed by atoms with van der Waals surface area (Å²) in [6.45, 7) is 8.47. The van der Waals surface area contributed by atoms with Crippen molar-refractivity contribution in [2.45, 2.75) is 45.9 Å². The van der Waals surface area contributed by atoms with Gasteiger partial charge in [-0.1, -0.05) is 13.0 Å². The third kappa shape index (κ3) is 2.67. The first-order valence-corrected chi connectivity index (χ1v) is 7.04. The molecule has 1 N–H and O–H groups in total. The Morgan fingerprint density at radius 3 is 2.37 bits per heavy atom. The van der Waals surface area contributed by atoms with Crippen molar-refractivity contribution in [3.63, 3.8) is 0 Å². The molecule has 0 amide bonds. The average molecular weight is 265 g/mol. The summed E-state index contributed by atoms with van der Waals surface area (Å²) < 4.78 is 19.2. The maximum Gasteiger partial charge on any atom is 0.123 e. The molecule has 1 aliphatic rings. The number of halogens is 1. The van der Waals surface area contributed by atoms with E-state index in [1.807, 2.05) is 20.0 Å². The Balaban J connectivity index is 2.34. The van der Waals surface area contributed by atoms with Crippen LogP contribution in [0.15, 0.2) is 18.2 Å². The van der Waals surface area contributed by atoms with Crippen molar-refractivity contribution in [1.29, 1.82) is 0 Å². The molecule has 1 heterocycles. The van der Waals surface area contributed by atoms with Crippen molar-refractivity contribution in [3.05, 3.63) is 35.1 Å². The molecule has 1 fully saturated rings. The van der Waals surface area contributed by atoms with Crippen molar-refractivity contribution in [3.8, 4) is 0 Å². The predicted molar refractivity (Wildman–Crippen MR) is 75.6 cm³/mol. The quantitative estimate of drug-likeness (QED) is 0.903. The smallest absolute Gasteiger partial charge is 0.123 e. The van der Waals surface area contributed by atoms with Gasteiger partial charge in [0.05, 0.1) is 12.2 Å². The van der Waals surface area contributed by atoms with Crippen molar-refractivity contribution in [2.75, 3.05) is 7.05 Å². The fraction of sp³-hybridized carbons (Fsp3) is 0.625. The zero-order valence-electron chi connectivity index (χ0n) is 12.4. The second-order valence-electron chi connectivity index (χ2n) is 5.75. The van der Waals surface area contributed by atoms with E-state index in [-0.39, 0.29) is 24.1 Å². The Morgan fingerprint density at radius 1 is 1.21 bits per heavy atom. The molecular weight excluding hydrogens is 241 g/mol. The van der Waals surface area contributed by atoms with Gasteiger partial charge in [0.1, 0.15) is 5.82 Å². The Bertz CT molecular complexity index is 448. The molecule has 1 saturated heterocycles. The van der Waals surface area contributed by atoms with Crippen LogP contribution in [0.25, 0.3) is 0 Å². The molecule has 5 unspecified atom stereocenters. The summed E-state index contributed by atoms with van der Waals surface area (Å²) >= 11 is 0. The summed E-state index contributed by atoms with van der Waals surface area (Å²) in [6.07, 6.45) is 0.489. The van der Waals surface area contributed by atoms with E-state index in [0.717, 1.165) is 5.56 Å². The Kier molecular flexibility index (Phi) is 4.26. The average Bonchev–Trinajstić information content (AvgIpc) is 2.59. The van der Waals surface area contributed by atoms with Gasteiger partial charge in [0, 0.05) is 12.0 Å². The molecule has 5 atom stereocenters. The van der Waals surface area contributed by atoms with E-state index in [2.05, 4.69) is 26.1 Å². The Morgan fingerprint density at radius 2 is 1.89 bits per heavy atom. The predicted octanol–water partition coefficient (Wildman–Crippen LogP) is 3.45. The minimum atomic E-state index is -0.173. The summed E-state index contributed by atoms with van der Waals surface area (Å²) in [5.41, 5.74) is 2.17. The van der Waals surface area contributed by atoms with E-state index in [9.17, 15) is 4.39 Å². The first kappa shape index (κ1) is 14.5. The van der Waals surface area contributed by atoms with Crippen LogP contribution in [0.4, 0.5) is 4.39 Å². The molecule has 0 radical (unpaired) electrons. The molecule has 1 aromatic rings. The zero-order chi connectivity index (χ0) is 14.2. The van der Waals surface area contributed by atoms with E-state index in [0.29, 0.717) is 11.8 Å². The maximum absolute atomic E-state index is 13.3. The zero-order valence-corrected chi connectivity index (χ0v) is 12.4. The third-order valence-corrected chi connectivity index (χ3v) is 4.58. The third-order valence-electron chi connectivity index (χ3n) is 4.58. The van der Waals surface area contributed by atoms with Crippen LogP contribution in [0.5, 0.6) is 0 Å². The molecule has 1 aliphatic heterocycles. The molecule has 2 nitrogen and oxygen atoms in total. The highest BCUT2D eigenvalue weighted by atomic mass is 19.1. The van der Waals surface area contributed by atoms with Crippen LogP contribution in [-0.4, -0.2) is 19.3 Å².